The van der Waals surface area contributed by atoms with Gasteiger partial charge in [-0.15, -0.1) is 0 Å². The molecule has 0 aromatic rings. The third kappa shape index (κ3) is 4.95. The molecule has 10 nitrogen and oxygen atoms in total. The first kappa shape index (κ1) is 19.3. The second kappa shape index (κ2) is 7.44. The van der Waals surface area contributed by atoms with E-state index in [4.69, 9.17) is 9.57 Å². The Hall–Kier alpha value is -2.07. The number of hydroxylamine groups is 3. The Morgan fingerprint density at radius 1 is 1.36 bits per heavy atom. The SMILES string of the molecule is C[C@H](CONC(=O)[C@@H]1CCC2CN1C(=O)N2O)NC(=O)OC(C)(C)C. The van der Waals surface area contributed by atoms with Gasteiger partial charge in [-0.25, -0.2) is 20.1 Å². The molecule has 4 amide bonds. The van der Waals surface area contributed by atoms with Crippen molar-refractivity contribution in [1.82, 2.24) is 20.8 Å². The van der Waals surface area contributed by atoms with Gasteiger partial charge in [0.15, 0.2) is 0 Å². The zero-order chi connectivity index (χ0) is 18.8. The van der Waals surface area contributed by atoms with Gasteiger partial charge in [0.05, 0.1) is 18.7 Å². The number of hydrogen-bond donors (Lipinski definition) is 3. The van der Waals surface area contributed by atoms with E-state index in [1.54, 1.807) is 27.7 Å². The number of rotatable bonds is 5. The molecule has 3 N–H and O–H groups in total. The number of nitrogens with zero attached hydrogens (tertiary/aromatic N) is 2. The summed E-state index contributed by atoms with van der Waals surface area (Å²) in [6.45, 7) is 7.35. The molecule has 2 saturated heterocycles. The first-order valence-electron chi connectivity index (χ1n) is 8.28. The fraction of sp³-hybridized carbons (Fsp3) is 0.800. The van der Waals surface area contributed by atoms with Gasteiger partial charge in [0, 0.05) is 6.54 Å². The van der Waals surface area contributed by atoms with Gasteiger partial charge in [0.2, 0.25) is 0 Å². The zero-order valence-corrected chi connectivity index (χ0v) is 14.9. The maximum absolute atomic E-state index is 12.2. The van der Waals surface area contributed by atoms with Crippen LogP contribution < -0.4 is 10.8 Å². The molecule has 2 rings (SSSR count). The highest BCUT2D eigenvalue weighted by Crippen LogP contribution is 2.28. The van der Waals surface area contributed by atoms with E-state index < -0.39 is 29.7 Å². The third-order valence-corrected chi connectivity index (χ3v) is 3.92. The number of amides is 4. The highest BCUT2D eigenvalue weighted by molar-refractivity contribution is 5.87. The van der Waals surface area contributed by atoms with Gasteiger partial charge >= 0.3 is 12.1 Å². The normalized spacial score (nSPS) is 24.1. The van der Waals surface area contributed by atoms with E-state index in [2.05, 4.69) is 10.8 Å². The fourth-order valence-corrected chi connectivity index (χ4v) is 2.78. The van der Waals surface area contributed by atoms with Crippen molar-refractivity contribution in [3.8, 4) is 0 Å². The largest absolute Gasteiger partial charge is 0.444 e. The summed E-state index contributed by atoms with van der Waals surface area (Å²) in [7, 11) is 0. The molecular formula is C15H26N4O6. The second-order valence-electron chi connectivity index (χ2n) is 7.35. The molecule has 3 atom stereocenters. The van der Waals surface area contributed by atoms with Crippen LogP contribution in [0.3, 0.4) is 0 Å². The fourth-order valence-electron chi connectivity index (χ4n) is 2.78. The van der Waals surface area contributed by atoms with Gasteiger partial charge in [-0.3, -0.25) is 14.8 Å². The summed E-state index contributed by atoms with van der Waals surface area (Å²) in [5.41, 5.74) is 1.70. The van der Waals surface area contributed by atoms with Gasteiger partial charge in [-0.2, -0.15) is 0 Å². The molecule has 0 saturated carbocycles. The third-order valence-electron chi connectivity index (χ3n) is 3.92. The van der Waals surface area contributed by atoms with Crippen molar-refractivity contribution in [3.63, 3.8) is 0 Å². The van der Waals surface area contributed by atoms with Crippen LogP contribution >= 0.6 is 0 Å². The molecule has 2 fully saturated rings. The highest BCUT2D eigenvalue weighted by Gasteiger charge is 2.46. The average Bonchev–Trinajstić information content (AvgIpc) is 2.70. The summed E-state index contributed by atoms with van der Waals surface area (Å²) in [5, 5.41) is 12.9. The molecule has 1 unspecified atom stereocenters. The topological polar surface area (TPSA) is 120 Å². The number of nitrogens with one attached hydrogen (secondary N) is 2. The Morgan fingerprint density at radius 3 is 2.68 bits per heavy atom. The van der Waals surface area contributed by atoms with Crippen LogP contribution in [0.5, 0.6) is 0 Å². The molecule has 2 aliphatic heterocycles. The average molecular weight is 358 g/mol. The number of ether oxygens (including phenoxy) is 1. The van der Waals surface area contributed by atoms with Gasteiger partial charge in [-0.05, 0) is 40.5 Å². The summed E-state index contributed by atoms with van der Waals surface area (Å²) < 4.78 is 5.12. The number of piperidine rings is 1. The number of carbonyl (C=O) groups excluding carboxylic acids is 3. The second-order valence-corrected chi connectivity index (χ2v) is 7.35. The number of alkyl carbamates (subject to hydrolysis) is 1. The van der Waals surface area contributed by atoms with Gasteiger partial charge < -0.3 is 15.0 Å². The molecule has 10 heteroatoms. The number of hydrogen-bond acceptors (Lipinski definition) is 6. The van der Waals surface area contributed by atoms with Crippen LogP contribution in [-0.2, 0) is 14.4 Å². The molecule has 25 heavy (non-hydrogen) atoms. The maximum Gasteiger partial charge on any atom is 0.407 e. The quantitative estimate of drug-likeness (QED) is 0.489. The Morgan fingerprint density at radius 2 is 2.04 bits per heavy atom. The number of fused-ring (bicyclic) bond motifs is 2. The summed E-state index contributed by atoms with van der Waals surface area (Å²) in [4.78, 5) is 42.1. The minimum Gasteiger partial charge on any atom is -0.444 e. The Balaban J connectivity index is 1.72. The van der Waals surface area contributed by atoms with Crippen molar-refractivity contribution < 1.29 is 29.2 Å². The minimum absolute atomic E-state index is 0.0421. The monoisotopic (exact) mass is 358 g/mol. The Labute approximate surface area is 146 Å². The maximum atomic E-state index is 12.2. The summed E-state index contributed by atoms with van der Waals surface area (Å²) in [6, 6.07) is -1.87. The van der Waals surface area contributed by atoms with Crippen molar-refractivity contribution in [2.75, 3.05) is 13.2 Å². The van der Waals surface area contributed by atoms with E-state index >= 15 is 0 Å². The van der Waals surface area contributed by atoms with Gasteiger partial charge in [-0.1, -0.05) is 0 Å². The molecule has 0 spiro atoms. The number of urea groups is 1. The summed E-state index contributed by atoms with van der Waals surface area (Å²) in [6.07, 6.45) is 0.431. The molecule has 2 bridgehead atoms. The Bertz CT molecular complexity index is 535. The van der Waals surface area contributed by atoms with Crippen LogP contribution in [0.25, 0.3) is 0 Å². The number of carbonyl (C=O) groups is 3. The van der Waals surface area contributed by atoms with Crippen molar-refractivity contribution in [1.29, 1.82) is 0 Å². The molecule has 0 radical (unpaired) electrons. The predicted octanol–water partition coefficient (Wildman–Crippen LogP) is 0.605. The Kier molecular flexibility index (Phi) is 5.73. The minimum atomic E-state index is -0.671. The molecule has 2 heterocycles. The summed E-state index contributed by atoms with van der Waals surface area (Å²) in [5.74, 6) is -0.452. The first-order valence-corrected chi connectivity index (χ1v) is 8.28. The van der Waals surface area contributed by atoms with Crippen LogP contribution in [-0.4, -0.2) is 70.1 Å². The zero-order valence-electron chi connectivity index (χ0n) is 14.9. The van der Waals surface area contributed by atoms with E-state index in [-0.39, 0.29) is 18.7 Å². The predicted molar refractivity (Wildman–Crippen MR) is 85.5 cm³/mol. The van der Waals surface area contributed by atoms with E-state index in [9.17, 15) is 19.6 Å². The lowest BCUT2D eigenvalue weighted by Gasteiger charge is -2.29. The molecule has 0 aliphatic carbocycles. The van der Waals surface area contributed by atoms with E-state index in [0.29, 0.717) is 24.4 Å². The van der Waals surface area contributed by atoms with Crippen LogP contribution in [0, 0.1) is 0 Å². The lowest BCUT2D eigenvalue weighted by Crippen LogP contribution is -2.50. The van der Waals surface area contributed by atoms with Crippen LogP contribution in [0.2, 0.25) is 0 Å². The van der Waals surface area contributed by atoms with Gasteiger partial charge in [0.1, 0.15) is 11.6 Å². The van der Waals surface area contributed by atoms with E-state index in [1.807, 2.05) is 0 Å². The highest BCUT2D eigenvalue weighted by atomic mass is 16.7. The smallest absolute Gasteiger partial charge is 0.407 e. The lowest BCUT2D eigenvalue weighted by atomic mass is 10.0. The molecule has 2 aliphatic rings. The first-order chi connectivity index (χ1) is 11.6. The van der Waals surface area contributed by atoms with Crippen LogP contribution in [0.15, 0.2) is 0 Å². The molecule has 142 valence electrons. The van der Waals surface area contributed by atoms with Crippen molar-refractivity contribution in [2.45, 2.75) is 64.3 Å². The van der Waals surface area contributed by atoms with Crippen molar-refractivity contribution in [2.24, 2.45) is 0 Å². The lowest BCUT2D eigenvalue weighted by molar-refractivity contribution is -0.139. The van der Waals surface area contributed by atoms with E-state index in [1.165, 1.54) is 4.90 Å². The van der Waals surface area contributed by atoms with Crippen molar-refractivity contribution >= 4 is 18.0 Å². The summed E-state index contributed by atoms with van der Waals surface area (Å²) >= 11 is 0. The van der Waals surface area contributed by atoms with Gasteiger partial charge in [0.25, 0.3) is 5.91 Å². The molecule has 0 aromatic carbocycles. The standard InChI is InChI=1S/C15H26N4O6/c1-9(16-13(21)25-15(2,3)4)8-24-17-12(20)11-6-5-10-7-18(11)14(22)19(10)23/h9-11,23H,5-8H2,1-4H3,(H,16,21)(H,17,20)/t9-,10?,11+/m1/s1. The molecular weight excluding hydrogens is 332 g/mol. The molecule has 0 aromatic heterocycles. The van der Waals surface area contributed by atoms with Crippen LogP contribution in [0.4, 0.5) is 9.59 Å². The van der Waals surface area contributed by atoms with E-state index in [0.717, 1.165) is 0 Å². The van der Waals surface area contributed by atoms with Crippen molar-refractivity contribution in [3.05, 3.63) is 0 Å². The van der Waals surface area contributed by atoms with Crippen LogP contribution in [0.1, 0.15) is 40.5 Å².